The normalized spacial score (nSPS) is 14.9. The lowest BCUT2D eigenvalue weighted by Crippen LogP contribution is -2.33. The fourth-order valence-electron chi connectivity index (χ4n) is 2.53. The Bertz CT molecular complexity index is 957. The zero-order valence-electron chi connectivity index (χ0n) is 15.4. The van der Waals surface area contributed by atoms with Gasteiger partial charge in [-0.25, -0.2) is 25.9 Å². The molecular formula is C18H24N2O5S2. The number of nitrogens with zero attached hydrogens (tertiary/aromatic N) is 1. The minimum absolute atomic E-state index is 0.0130. The molecule has 0 bridgehead atoms. The Morgan fingerprint density at radius 2 is 1.44 bits per heavy atom. The molecule has 0 fully saturated rings. The summed E-state index contributed by atoms with van der Waals surface area (Å²) in [6.07, 6.45) is -0.590. The van der Waals surface area contributed by atoms with E-state index in [9.17, 15) is 21.9 Å². The maximum atomic E-state index is 12.5. The standard InChI is InChI=1S/C18H24N2O5S2/c1-14(13-18(21)15-7-5-4-6-8-15)19-26(22,23)16-9-11-17(12-10-16)27(24,25)20(2)3/h4-12,14,18-19,21H,13H2,1-3H3/t14-,18+/m1/s1. The summed E-state index contributed by atoms with van der Waals surface area (Å²) in [5.74, 6) is 0. The number of aliphatic hydroxyl groups is 1. The topological polar surface area (TPSA) is 104 Å². The SMILES string of the molecule is C[C@H](C[C@H](O)c1ccccc1)NS(=O)(=O)c1ccc(S(=O)(=O)N(C)C)cc1. The minimum Gasteiger partial charge on any atom is -0.388 e. The molecule has 0 unspecified atom stereocenters. The van der Waals surface area contributed by atoms with Crippen LogP contribution < -0.4 is 4.72 Å². The van der Waals surface area contributed by atoms with Gasteiger partial charge in [0.05, 0.1) is 15.9 Å². The first kappa shape index (κ1) is 21.5. The number of rotatable bonds is 8. The highest BCUT2D eigenvalue weighted by Crippen LogP contribution is 2.20. The highest BCUT2D eigenvalue weighted by atomic mass is 32.2. The van der Waals surface area contributed by atoms with Gasteiger partial charge in [0.25, 0.3) is 0 Å². The average molecular weight is 413 g/mol. The second-order valence-corrected chi connectivity index (χ2v) is 10.3. The van der Waals surface area contributed by atoms with Crippen molar-refractivity contribution in [1.29, 1.82) is 0 Å². The number of sulfonamides is 2. The zero-order chi connectivity index (χ0) is 20.2. The smallest absolute Gasteiger partial charge is 0.242 e. The Kier molecular flexibility index (Phi) is 6.77. The molecule has 2 N–H and O–H groups in total. The molecule has 0 saturated carbocycles. The largest absolute Gasteiger partial charge is 0.388 e. The molecule has 0 spiro atoms. The van der Waals surface area contributed by atoms with E-state index < -0.39 is 32.2 Å². The van der Waals surface area contributed by atoms with Crippen molar-refractivity contribution >= 4 is 20.0 Å². The summed E-state index contributed by atoms with van der Waals surface area (Å²) < 4.78 is 52.7. The molecule has 0 aliphatic rings. The predicted octanol–water partition coefficient (Wildman–Crippen LogP) is 1.73. The van der Waals surface area contributed by atoms with Crippen molar-refractivity contribution in [3.8, 4) is 0 Å². The summed E-state index contributed by atoms with van der Waals surface area (Å²) in [6.45, 7) is 1.66. The van der Waals surface area contributed by atoms with Crippen molar-refractivity contribution in [3.63, 3.8) is 0 Å². The molecule has 0 aliphatic heterocycles. The van der Waals surface area contributed by atoms with Crippen LogP contribution in [0.1, 0.15) is 25.0 Å². The lowest BCUT2D eigenvalue weighted by atomic mass is 10.0. The Morgan fingerprint density at radius 1 is 0.926 bits per heavy atom. The second-order valence-electron chi connectivity index (χ2n) is 6.44. The van der Waals surface area contributed by atoms with E-state index in [-0.39, 0.29) is 16.2 Å². The van der Waals surface area contributed by atoms with Crippen molar-refractivity contribution in [3.05, 3.63) is 60.2 Å². The van der Waals surface area contributed by atoms with Crippen molar-refractivity contribution < 1.29 is 21.9 Å². The molecule has 0 amide bonds. The molecule has 2 aromatic rings. The highest BCUT2D eigenvalue weighted by Gasteiger charge is 2.22. The van der Waals surface area contributed by atoms with Crippen LogP contribution in [0.5, 0.6) is 0 Å². The summed E-state index contributed by atoms with van der Waals surface area (Å²) in [6, 6.07) is 13.5. The maximum Gasteiger partial charge on any atom is 0.242 e. The van der Waals surface area contributed by atoms with Gasteiger partial charge in [-0.3, -0.25) is 0 Å². The van der Waals surface area contributed by atoms with E-state index in [4.69, 9.17) is 0 Å². The summed E-state index contributed by atoms with van der Waals surface area (Å²) in [4.78, 5) is -0.0275. The van der Waals surface area contributed by atoms with E-state index in [1.807, 2.05) is 6.07 Å². The maximum absolute atomic E-state index is 12.5. The lowest BCUT2D eigenvalue weighted by molar-refractivity contribution is 0.158. The first-order valence-corrected chi connectivity index (χ1v) is 11.2. The number of hydrogen-bond donors (Lipinski definition) is 2. The third kappa shape index (κ3) is 5.36. The molecule has 0 saturated heterocycles. The van der Waals surface area contributed by atoms with Gasteiger partial charge < -0.3 is 5.11 Å². The van der Waals surface area contributed by atoms with Crippen molar-refractivity contribution in [2.24, 2.45) is 0 Å². The number of hydrogen-bond acceptors (Lipinski definition) is 5. The molecule has 0 aromatic heterocycles. The Hall–Kier alpha value is -1.78. The molecule has 9 heteroatoms. The van der Waals surface area contributed by atoms with Crippen LogP contribution >= 0.6 is 0 Å². The Balaban J connectivity index is 2.10. The minimum atomic E-state index is -3.84. The van der Waals surface area contributed by atoms with E-state index in [1.165, 1.54) is 38.4 Å². The lowest BCUT2D eigenvalue weighted by Gasteiger charge is -2.18. The Labute approximate surface area is 160 Å². The van der Waals surface area contributed by atoms with Gasteiger partial charge >= 0.3 is 0 Å². The molecule has 27 heavy (non-hydrogen) atoms. The molecule has 148 valence electrons. The summed E-state index contributed by atoms with van der Waals surface area (Å²) in [5, 5.41) is 10.2. The van der Waals surface area contributed by atoms with Crippen LogP contribution in [0.15, 0.2) is 64.4 Å². The van der Waals surface area contributed by atoms with Gasteiger partial charge in [0.1, 0.15) is 0 Å². The molecular weight excluding hydrogens is 388 g/mol. The van der Waals surface area contributed by atoms with E-state index in [1.54, 1.807) is 31.2 Å². The molecule has 7 nitrogen and oxygen atoms in total. The molecule has 0 aliphatic carbocycles. The van der Waals surface area contributed by atoms with E-state index in [0.29, 0.717) is 5.56 Å². The molecule has 0 heterocycles. The van der Waals surface area contributed by atoms with Gasteiger partial charge in [0.2, 0.25) is 20.0 Å². The van der Waals surface area contributed by atoms with Gasteiger partial charge in [0.15, 0.2) is 0 Å². The van der Waals surface area contributed by atoms with Gasteiger partial charge in [-0.1, -0.05) is 30.3 Å². The van der Waals surface area contributed by atoms with Crippen LogP contribution in [0.25, 0.3) is 0 Å². The number of nitrogens with one attached hydrogen (secondary N) is 1. The molecule has 2 atom stereocenters. The fourth-order valence-corrected chi connectivity index (χ4v) is 4.69. The third-order valence-corrected chi connectivity index (χ3v) is 7.46. The first-order valence-electron chi connectivity index (χ1n) is 8.32. The van der Waals surface area contributed by atoms with Crippen molar-refractivity contribution in [2.75, 3.05) is 14.1 Å². The number of aliphatic hydroxyl groups excluding tert-OH is 1. The summed E-state index contributed by atoms with van der Waals surface area (Å²) >= 11 is 0. The quantitative estimate of drug-likeness (QED) is 0.687. The fraction of sp³-hybridized carbons (Fsp3) is 0.333. The highest BCUT2D eigenvalue weighted by molar-refractivity contribution is 7.89. The van der Waals surface area contributed by atoms with Crippen LogP contribution in [0, 0.1) is 0 Å². The molecule has 2 aromatic carbocycles. The van der Waals surface area contributed by atoms with Gasteiger partial charge in [-0.15, -0.1) is 0 Å². The molecule has 2 rings (SSSR count). The Morgan fingerprint density at radius 3 is 1.96 bits per heavy atom. The van der Waals surface area contributed by atoms with Crippen LogP contribution in [-0.2, 0) is 20.0 Å². The van der Waals surface area contributed by atoms with Gasteiger partial charge in [0, 0.05) is 20.1 Å². The van der Waals surface area contributed by atoms with E-state index in [0.717, 1.165) is 4.31 Å². The van der Waals surface area contributed by atoms with Crippen LogP contribution in [0.4, 0.5) is 0 Å². The zero-order valence-corrected chi connectivity index (χ0v) is 17.0. The summed E-state index contributed by atoms with van der Waals surface area (Å²) in [7, 11) is -4.65. The van der Waals surface area contributed by atoms with E-state index in [2.05, 4.69) is 4.72 Å². The van der Waals surface area contributed by atoms with Gasteiger partial charge in [-0.2, -0.15) is 0 Å². The van der Waals surface area contributed by atoms with Crippen LogP contribution in [-0.4, -0.2) is 46.4 Å². The van der Waals surface area contributed by atoms with Crippen LogP contribution in [0.3, 0.4) is 0 Å². The second kappa shape index (κ2) is 8.49. The summed E-state index contributed by atoms with van der Waals surface area (Å²) in [5.41, 5.74) is 0.710. The number of benzene rings is 2. The first-order chi connectivity index (χ1) is 12.5. The predicted molar refractivity (Wildman–Crippen MR) is 103 cm³/mol. The average Bonchev–Trinajstić information content (AvgIpc) is 2.61. The molecule has 0 radical (unpaired) electrons. The third-order valence-electron chi connectivity index (χ3n) is 4.03. The van der Waals surface area contributed by atoms with Crippen molar-refractivity contribution in [2.45, 2.75) is 35.3 Å². The van der Waals surface area contributed by atoms with Crippen molar-refractivity contribution in [1.82, 2.24) is 9.03 Å². The monoisotopic (exact) mass is 412 g/mol. The van der Waals surface area contributed by atoms with E-state index >= 15 is 0 Å². The van der Waals surface area contributed by atoms with Gasteiger partial charge in [-0.05, 0) is 43.2 Å². The van der Waals surface area contributed by atoms with Crippen LogP contribution in [0.2, 0.25) is 0 Å².